The summed E-state index contributed by atoms with van der Waals surface area (Å²) < 4.78 is 26.9. The van der Waals surface area contributed by atoms with Crippen LogP contribution >= 0.6 is 13.5 Å². The topological polar surface area (TPSA) is 124 Å². The van der Waals surface area contributed by atoms with E-state index in [-0.39, 0.29) is 31.6 Å². The number of hydrogen-bond acceptors (Lipinski definition) is 8. The maximum Gasteiger partial charge on any atom is 0.293 e. The molecule has 3 heterocycles. The predicted octanol–water partition coefficient (Wildman–Crippen LogP) is 7.35. The van der Waals surface area contributed by atoms with E-state index in [2.05, 4.69) is 28.9 Å². The van der Waals surface area contributed by atoms with Crippen LogP contribution in [0.4, 0.5) is 10.1 Å². The van der Waals surface area contributed by atoms with Gasteiger partial charge < -0.3 is 34.6 Å². The summed E-state index contributed by atoms with van der Waals surface area (Å²) in [5, 5.41) is 3.59. The Morgan fingerprint density at radius 3 is 2.40 bits per heavy atom. The normalized spacial score (nSPS) is 21.9. The smallest absolute Gasteiger partial charge is 0.293 e. The van der Waals surface area contributed by atoms with Gasteiger partial charge in [-0.15, -0.1) is 0 Å². The van der Waals surface area contributed by atoms with E-state index in [0.717, 1.165) is 85.3 Å². The minimum atomic E-state index is -0.460. The Hall–Kier alpha value is -2.47. The molecule has 48 heavy (non-hydrogen) atoms. The molecule has 5 unspecified atom stereocenters. The van der Waals surface area contributed by atoms with Crippen LogP contribution in [0.15, 0.2) is 28.7 Å². The van der Waals surface area contributed by atoms with Crippen LogP contribution in [0.25, 0.3) is 11.0 Å². The lowest BCUT2D eigenvalue weighted by Gasteiger charge is -2.31. The van der Waals surface area contributed by atoms with Gasteiger partial charge in [0.05, 0.1) is 6.10 Å². The van der Waals surface area contributed by atoms with E-state index in [1.54, 1.807) is 6.07 Å². The van der Waals surface area contributed by atoms with E-state index in [0.29, 0.717) is 25.9 Å². The molecule has 3 aliphatic rings. The number of alkyl halides is 1. The molecule has 274 valence electrons. The van der Waals surface area contributed by atoms with Crippen LogP contribution in [0.5, 0.6) is 0 Å². The molecule has 5 rings (SSSR count). The van der Waals surface area contributed by atoms with Crippen LogP contribution in [0.2, 0.25) is 0 Å². The van der Waals surface area contributed by atoms with Crippen molar-refractivity contribution >= 4 is 49.3 Å². The van der Waals surface area contributed by atoms with Crippen LogP contribution in [0, 0.1) is 24.7 Å². The Balaban J connectivity index is 0.000000321. The van der Waals surface area contributed by atoms with Crippen LogP contribution in [-0.4, -0.2) is 75.7 Å². The van der Waals surface area contributed by atoms with Gasteiger partial charge in [0.25, 0.3) is 6.47 Å². The first kappa shape index (κ1) is 43.6. The number of fused-ring (bicyclic) bond motifs is 1. The molecule has 9 nitrogen and oxygen atoms in total. The second kappa shape index (κ2) is 25.5. The molecule has 0 radical (unpaired) electrons. The molecular formula is C37H62FN3O6S. The predicted molar refractivity (Wildman–Crippen MR) is 196 cm³/mol. The Morgan fingerprint density at radius 1 is 1.08 bits per heavy atom. The third kappa shape index (κ3) is 16.3. The molecule has 3 fully saturated rings. The van der Waals surface area contributed by atoms with Crippen molar-refractivity contribution in [2.45, 2.75) is 116 Å². The summed E-state index contributed by atoms with van der Waals surface area (Å²) in [6.07, 6.45) is 16.1. The summed E-state index contributed by atoms with van der Waals surface area (Å²) in [6.45, 7) is 8.87. The number of aryl methyl sites for hydroxylation is 1. The highest BCUT2D eigenvalue weighted by Gasteiger charge is 2.34. The van der Waals surface area contributed by atoms with Gasteiger partial charge in [0.2, 0.25) is 6.41 Å². The van der Waals surface area contributed by atoms with Crippen LogP contribution in [0.1, 0.15) is 96.7 Å². The van der Waals surface area contributed by atoms with E-state index in [1.807, 2.05) is 32.0 Å². The zero-order valence-electron chi connectivity index (χ0n) is 29.7. The Labute approximate surface area is 294 Å². The van der Waals surface area contributed by atoms with E-state index in [1.165, 1.54) is 45.1 Å². The third-order valence-electron chi connectivity index (χ3n) is 9.69. The van der Waals surface area contributed by atoms with Gasteiger partial charge in [-0.2, -0.15) is 13.5 Å². The number of carbonyl (C=O) groups excluding carboxylic acids is 3. The fourth-order valence-corrected chi connectivity index (χ4v) is 6.66. The number of amides is 1. The van der Waals surface area contributed by atoms with Gasteiger partial charge in [-0.25, -0.2) is 4.39 Å². The number of nitrogens with two attached hydrogens (primary N) is 1. The second-order valence-corrected chi connectivity index (χ2v) is 13.2. The number of halogens is 1. The van der Waals surface area contributed by atoms with Crippen molar-refractivity contribution in [2.24, 2.45) is 23.5 Å². The quantitative estimate of drug-likeness (QED) is 0.209. The average Bonchev–Trinajstić information content (AvgIpc) is 3.83. The van der Waals surface area contributed by atoms with Crippen molar-refractivity contribution in [3.63, 3.8) is 0 Å². The van der Waals surface area contributed by atoms with Gasteiger partial charge in [-0.1, -0.05) is 45.4 Å². The average molecular weight is 696 g/mol. The van der Waals surface area contributed by atoms with Crippen LogP contribution < -0.4 is 11.1 Å². The molecule has 2 aromatic rings. The number of nitrogens with zero attached hydrogens (tertiary/aromatic N) is 1. The minimum absolute atomic E-state index is 0. The summed E-state index contributed by atoms with van der Waals surface area (Å²) >= 11 is 0. The van der Waals surface area contributed by atoms with Gasteiger partial charge in [-0.3, -0.25) is 9.59 Å². The summed E-state index contributed by atoms with van der Waals surface area (Å²) in [6, 6.07) is 7.97. The van der Waals surface area contributed by atoms with Crippen molar-refractivity contribution in [2.75, 3.05) is 38.8 Å². The number of likely N-dealkylation sites (tertiary alicyclic amines) is 1. The number of anilines is 1. The lowest BCUT2D eigenvalue weighted by atomic mass is 9.77. The van der Waals surface area contributed by atoms with Crippen LogP contribution in [0.3, 0.4) is 0 Å². The number of hydrogen-bond donors (Lipinski definition) is 2. The molecule has 2 saturated heterocycles. The maximum absolute atomic E-state index is 11.9. The van der Waals surface area contributed by atoms with E-state index in [9.17, 15) is 18.8 Å². The second-order valence-electron chi connectivity index (χ2n) is 13.2. The fourth-order valence-electron chi connectivity index (χ4n) is 6.66. The van der Waals surface area contributed by atoms with Crippen molar-refractivity contribution in [3.8, 4) is 0 Å². The van der Waals surface area contributed by atoms with Gasteiger partial charge in [0, 0.05) is 35.7 Å². The first-order chi connectivity index (χ1) is 22.8. The number of ether oxygens (including phenoxy) is 2. The minimum Gasteiger partial charge on any atom is -0.465 e. The maximum atomic E-state index is 11.9. The van der Waals surface area contributed by atoms with E-state index >= 15 is 0 Å². The van der Waals surface area contributed by atoms with Gasteiger partial charge in [-0.05, 0) is 102 Å². The summed E-state index contributed by atoms with van der Waals surface area (Å²) in [7, 11) is 2.29. The Bertz CT molecular complexity index is 1140. The van der Waals surface area contributed by atoms with Gasteiger partial charge in [0.15, 0.2) is 0 Å². The third-order valence-corrected chi connectivity index (χ3v) is 9.69. The summed E-state index contributed by atoms with van der Waals surface area (Å²) in [5.41, 5.74) is 7.00. The standard InChI is InChI=1S/C12H23N.C10H9NO2.C9H18FNO.C6H10O3.H2S/c1-10-12(8-9-13(10)2)11-6-4-3-5-7-11;1-7-4-8-5-9(11-6-12)2-3-10(8)13-7;1-2-8(7-12)4-3-5-9(11)6-10;7-5-8-4-6-2-1-3-9-6;/h10-12H,3-9H2,1-2H3;2-6H,1H3,(H,11,12);7-9H,2-6,11H2,1H3;5-6H,1-4H2;1H2. The SMILES string of the molecule is CC1C(C2CCCCC2)CCN1C.CCC(C=O)CCCC(N)CF.Cc1cc2cc(NC=O)ccc2o1.O=COCC1CCCO1.S. The highest BCUT2D eigenvalue weighted by atomic mass is 32.1. The molecule has 1 amide bonds. The monoisotopic (exact) mass is 695 g/mol. The lowest BCUT2D eigenvalue weighted by molar-refractivity contribution is -0.131. The molecule has 11 heteroatoms. The largest absolute Gasteiger partial charge is 0.465 e. The molecule has 1 aliphatic carbocycles. The Kier molecular flexibility index (Phi) is 23.1. The van der Waals surface area contributed by atoms with Crippen LogP contribution in [-0.2, 0) is 23.9 Å². The highest BCUT2D eigenvalue weighted by molar-refractivity contribution is 7.59. The molecular weight excluding hydrogens is 633 g/mol. The zero-order valence-corrected chi connectivity index (χ0v) is 30.7. The highest BCUT2D eigenvalue weighted by Crippen LogP contribution is 2.37. The number of rotatable bonds is 13. The lowest BCUT2D eigenvalue weighted by Crippen LogP contribution is -2.30. The molecule has 0 spiro atoms. The number of furan rings is 1. The fraction of sp³-hybridized carbons (Fsp3) is 0.703. The summed E-state index contributed by atoms with van der Waals surface area (Å²) in [4.78, 5) is 32.8. The molecule has 1 saturated carbocycles. The van der Waals surface area contributed by atoms with Gasteiger partial charge >= 0.3 is 0 Å². The van der Waals surface area contributed by atoms with Gasteiger partial charge in [0.1, 0.15) is 30.9 Å². The van der Waals surface area contributed by atoms with Crippen molar-refractivity contribution in [3.05, 3.63) is 30.0 Å². The first-order valence-corrected chi connectivity index (χ1v) is 17.6. The van der Waals surface area contributed by atoms with E-state index in [4.69, 9.17) is 14.9 Å². The number of benzene rings is 1. The number of aldehydes is 1. The molecule has 3 N–H and O–H groups in total. The molecule has 0 bridgehead atoms. The molecule has 1 aromatic heterocycles. The number of carbonyl (C=O) groups is 3. The van der Waals surface area contributed by atoms with E-state index < -0.39 is 6.67 Å². The first-order valence-electron chi connectivity index (χ1n) is 17.6. The van der Waals surface area contributed by atoms with Crippen molar-refractivity contribution in [1.82, 2.24) is 4.90 Å². The Morgan fingerprint density at radius 2 is 1.83 bits per heavy atom. The molecule has 1 aromatic carbocycles. The van der Waals surface area contributed by atoms with Crippen molar-refractivity contribution in [1.29, 1.82) is 0 Å². The van der Waals surface area contributed by atoms with Crippen molar-refractivity contribution < 1.29 is 32.7 Å². The molecule has 5 atom stereocenters. The summed E-state index contributed by atoms with van der Waals surface area (Å²) in [5.74, 6) is 3.09. The molecule has 2 aliphatic heterocycles. The number of nitrogens with one attached hydrogen (secondary N) is 1. The zero-order chi connectivity index (χ0) is 34.4.